The molecule has 0 aliphatic carbocycles. The summed E-state index contributed by atoms with van der Waals surface area (Å²) in [5.74, 6) is -0.119. The van der Waals surface area contributed by atoms with E-state index in [2.05, 4.69) is 4.90 Å². The molecule has 0 N–H and O–H groups in total. The number of nitrogens with zero attached hydrogens (tertiary/aromatic N) is 3. The molecule has 1 fully saturated rings. The van der Waals surface area contributed by atoms with Crippen molar-refractivity contribution in [3.8, 4) is 0 Å². The number of carbonyl (C=O) groups excluding carboxylic acids is 1. The molecule has 1 aromatic heterocycles. The Bertz CT molecular complexity index is 500. The third-order valence-electron chi connectivity index (χ3n) is 3.24. The molecule has 1 aromatic rings. The smallest absolute Gasteiger partial charge is 0.304 e. The molecule has 0 amide bonds. The van der Waals surface area contributed by atoms with Crippen LogP contribution in [0.25, 0.3) is 0 Å². The molecule has 0 aromatic carbocycles. The third-order valence-corrected chi connectivity index (χ3v) is 4.53. The van der Waals surface area contributed by atoms with Gasteiger partial charge in [-0.15, -0.1) is 11.3 Å². The molecule has 1 saturated heterocycles. The standard InChI is InChI=1S/C12H17N3O3S/c1-9(16)11-8-10(15(17)18)12(19-11)14-5-3-4-13(2)6-7-14/h8H,3-7H2,1-2H3. The van der Waals surface area contributed by atoms with Gasteiger partial charge in [-0.1, -0.05) is 0 Å². The fourth-order valence-corrected chi connectivity index (χ4v) is 3.22. The minimum Gasteiger partial charge on any atom is -0.356 e. The number of Topliss-reactive ketones (excluding diaryl/α,β-unsaturated/α-hetero) is 1. The molecule has 0 unspecified atom stereocenters. The Balaban J connectivity index is 2.31. The number of thiophene rings is 1. The Morgan fingerprint density at radius 2 is 2.11 bits per heavy atom. The van der Waals surface area contributed by atoms with Gasteiger partial charge in [0.2, 0.25) is 0 Å². The summed E-state index contributed by atoms with van der Waals surface area (Å²) in [4.78, 5) is 26.8. The molecule has 2 heterocycles. The van der Waals surface area contributed by atoms with E-state index < -0.39 is 4.92 Å². The first-order valence-electron chi connectivity index (χ1n) is 6.21. The number of anilines is 1. The van der Waals surface area contributed by atoms with Crippen LogP contribution in [0.2, 0.25) is 0 Å². The van der Waals surface area contributed by atoms with E-state index in [1.54, 1.807) is 0 Å². The number of ketones is 1. The van der Waals surface area contributed by atoms with E-state index in [1.165, 1.54) is 24.3 Å². The van der Waals surface area contributed by atoms with Crippen LogP contribution >= 0.6 is 11.3 Å². The van der Waals surface area contributed by atoms with Gasteiger partial charge < -0.3 is 9.80 Å². The van der Waals surface area contributed by atoms with Gasteiger partial charge in [-0.2, -0.15) is 0 Å². The molecule has 6 nitrogen and oxygen atoms in total. The molecule has 1 aliphatic heterocycles. The molecule has 0 atom stereocenters. The first kappa shape index (κ1) is 14.0. The summed E-state index contributed by atoms with van der Waals surface area (Å²) >= 11 is 1.23. The quantitative estimate of drug-likeness (QED) is 0.482. The van der Waals surface area contributed by atoms with Gasteiger partial charge in [0, 0.05) is 25.7 Å². The molecule has 2 rings (SSSR count). The molecule has 0 saturated carbocycles. The molecule has 7 heteroatoms. The second kappa shape index (κ2) is 5.66. The van der Waals surface area contributed by atoms with Crippen LogP contribution in [0, 0.1) is 10.1 Å². The molecule has 0 bridgehead atoms. The zero-order valence-electron chi connectivity index (χ0n) is 11.1. The molecule has 0 radical (unpaired) electrons. The topological polar surface area (TPSA) is 66.7 Å². The molecule has 1 aliphatic rings. The van der Waals surface area contributed by atoms with Crippen LogP contribution in [0.3, 0.4) is 0 Å². The Labute approximate surface area is 115 Å². The van der Waals surface area contributed by atoms with Crippen molar-refractivity contribution in [1.29, 1.82) is 0 Å². The normalized spacial score (nSPS) is 17.3. The van der Waals surface area contributed by atoms with Gasteiger partial charge in [0.1, 0.15) is 0 Å². The molecular weight excluding hydrogens is 266 g/mol. The lowest BCUT2D eigenvalue weighted by Gasteiger charge is -2.20. The SMILES string of the molecule is CC(=O)c1cc([N+](=O)[O-])c(N2CCCN(C)CC2)s1. The Morgan fingerprint density at radius 3 is 2.74 bits per heavy atom. The van der Waals surface area contributed by atoms with Crippen molar-refractivity contribution in [1.82, 2.24) is 4.90 Å². The first-order chi connectivity index (χ1) is 8.99. The summed E-state index contributed by atoms with van der Waals surface area (Å²) in [6.07, 6.45) is 0.973. The fourth-order valence-electron chi connectivity index (χ4n) is 2.15. The number of carbonyl (C=O) groups is 1. The number of likely N-dealkylation sites (N-methyl/N-ethyl adjacent to an activating group) is 1. The van der Waals surface area contributed by atoms with Crippen LogP contribution in [0.4, 0.5) is 10.7 Å². The zero-order valence-corrected chi connectivity index (χ0v) is 11.9. The van der Waals surface area contributed by atoms with Gasteiger partial charge in [-0.3, -0.25) is 14.9 Å². The minimum atomic E-state index is -0.396. The predicted molar refractivity (Wildman–Crippen MR) is 75.3 cm³/mol. The maximum absolute atomic E-state index is 11.4. The monoisotopic (exact) mass is 283 g/mol. The van der Waals surface area contributed by atoms with Crippen molar-refractivity contribution in [3.63, 3.8) is 0 Å². The molecular formula is C12H17N3O3S. The number of hydrogen-bond donors (Lipinski definition) is 0. The van der Waals surface area contributed by atoms with E-state index in [0.717, 1.165) is 32.6 Å². The summed E-state index contributed by atoms with van der Waals surface area (Å²) in [6, 6.07) is 1.40. The lowest BCUT2D eigenvalue weighted by atomic mass is 10.3. The van der Waals surface area contributed by atoms with Crippen molar-refractivity contribution >= 4 is 27.8 Å². The third kappa shape index (κ3) is 3.10. The Hall–Kier alpha value is -1.47. The van der Waals surface area contributed by atoms with Crippen molar-refractivity contribution in [2.75, 3.05) is 38.1 Å². The summed E-state index contributed by atoms with van der Waals surface area (Å²) in [5, 5.41) is 11.7. The maximum Gasteiger partial charge on any atom is 0.304 e. The van der Waals surface area contributed by atoms with Gasteiger partial charge in [-0.25, -0.2) is 0 Å². The molecule has 0 spiro atoms. The summed E-state index contributed by atoms with van der Waals surface area (Å²) in [7, 11) is 2.05. The van der Waals surface area contributed by atoms with E-state index in [-0.39, 0.29) is 11.5 Å². The maximum atomic E-state index is 11.4. The van der Waals surface area contributed by atoms with Gasteiger partial charge in [0.15, 0.2) is 10.8 Å². The predicted octanol–water partition coefficient (Wildman–Crippen LogP) is 2.00. The van der Waals surface area contributed by atoms with Gasteiger partial charge in [0.05, 0.1) is 9.80 Å². The largest absolute Gasteiger partial charge is 0.356 e. The zero-order chi connectivity index (χ0) is 14.0. The van der Waals surface area contributed by atoms with Crippen LogP contribution in [0.1, 0.15) is 23.0 Å². The van der Waals surface area contributed by atoms with E-state index in [9.17, 15) is 14.9 Å². The van der Waals surface area contributed by atoms with Crippen molar-refractivity contribution in [2.45, 2.75) is 13.3 Å². The van der Waals surface area contributed by atoms with E-state index in [1.807, 2.05) is 11.9 Å². The highest BCUT2D eigenvalue weighted by Gasteiger charge is 2.26. The van der Waals surface area contributed by atoms with Gasteiger partial charge in [0.25, 0.3) is 0 Å². The van der Waals surface area contributed by atoms with E-state index >= 15 is 0 Å². The highest BCUT2D eigenvalue weighted by molar-refractivity contribution is 7.18. The summed E-state index contributed by atoms with van der Waals surface area (Å²) in [5.41, 5.74) is 0.0553. The summed E-state index contributed by atoms with van der Waals surface area (Å²) in [6.45, 7) is 4.87. The molecule has 19 heavy (non-hydrogen) atoms. The first-order valence-corrected chi connectivity index (χ1v) is 7.03. The van der Waals surface area contributed by atoms with Crippen molar-refractivity contribution in [2.24, 2.45) is 0 Å². The van der Waals surface area contributed by atoms with Crippen LogP contribution in [0.15, 0.2) is 6.07 Å². The fraction of sp³-hybridized carbons (Fsp3) is 0.583. The van der Waals surface area contributed by atoms with E-state index in [4.69, 9.17) is 0 Å². The van der Waals surface area contributed by atoms with Crippen molar-refractivity contribution in [3.05, 3.63) is 21.1 Å². The number of hydrogen-bond acceptors (Lipinski definition) is 6. The number of nitro groups is 1. The lowest BCUT2D eigenvalue weighted by Crippen LogP contribution is -2.28. The van der Waals surface area contributed by atoms with Crippen LogP contribution in [0.5, 0.6) is 0 Å². The highest BCUT2D eigenvalue weighted by Crippen LogP contribution is 2.38. The second-order valence-corrected chi connectivity index (χ2v) is 5.79. The Morgan fingerprint density at radius 1 is 1.37 bits per heavy atom. The average molecular weight is 283 g/mol. The summed E-state index contributed by atoms with van der Waals surface area (Å²) < 4.78 is 0. The van der Waals surface area contributed by atoms with Crippen LogP contribution < -0.4 is 4.90 Å². The van der Waals surface area contributed by atoms with E-state index in [0.29, 0.717) is 9.88 Å². The molecule has 104 valence electrons. The Kier molecular flexibility index (Phi) is 4.16. The second-order valence-electron chi connectivity index (χ2n) is 4.76. The van der Waals surface area contributed by atoms with Gasteiger partial charge in [-0.05, 0) is 26.9 Å². The van der Waals surface area contributed by atoms with Gasteiger partial charge >= 0.3 is 5.69 Å². The van der Waals surface area contributed by atoms with Crippen molar-refractivity contribution < 1.29 is 9.72 Å². The van der Waals surface area contributed by atoms with Crippen LogP contribution in [-0.2, 0) is 0 Å². The number of rotatable bonds is 3. The van der Waals surface area contributed by atoms with Crippen LogP contribution in [-0.4, -0.2) is 48.8 Å². The lowest BCUT2D eigenvalue weighted by molar-refractivity contribution is -0.383. The highest BCUT2D eigenvalue weighted by atomic mass is 32.1. The average Bonchev–Trinajstić information content (AvgIpc) is 2.68. The minimum absolute atomic E-state index is 0.0553.